The third-order valence-corrected chi connectivity index (χ3v) is 5.47. The Kier molecular flexibility index (Phi) is 4.36. The maximum absolute atomic E-state index is 11.0. The number of aldehydes is 1. The zero-order chi connectivity index (χ0) is 20.7. The highest BCUT2D eigenvalue weighted by atomic mass is 16.1. The van der Waals surface area contributed by atoms with Crippen molar-refractivity contribution < 1.29 is 4.79 Å². The molecule has 2 heterocycles. The van der Waals surface area contributed by atoms with Crippen LogP contribution in [0.25, 0.3) is 16.8 Å². The van der Waals surface area contributed by atoms with Crippen molar-refractivity contribution in [2.45, 2.75) is 20.4 Å². The van der Waals surface area contributed by atoms with Gasteiger partial charge in [0.25, 0.3) is 0 Å². The first kappa shape index (κ1) is 18.2. The molecule has 146 valence electrons. The van der Waals surface area contributed by atoms with Crippen LogP contribution in [0.2, 0.25) is 0 Å². The number of hydrogen-bond acceptors (Lipinski definition) is 4. The van der Waals surface area contributed by atoms with Crippen LogP contribution in [0.1, 0.15) is 38.7 Å². The summed E-state index contributed by atoms with van der Waals surface area (Å²) in [6.45, 7) is 4.52. The number of carbonyl (C=O) groups is 1. The van der Waals surface area contributed by atoms with Crippen molar-refractivity contribution in [2.75, 3.05) is 0 Å². The highest BCUT2D eigenvalue weighted by Crippen LogP contribution is 2.30. The summed E-state index contributed by atoms with van der Waals surface area (Å²) in [6, 6.07) is 22.4. The molecule has 0 N–H and O–H groups in total. The molecule has 0 spiro atoms. The van der Waals surface area contributed by atoms with E-state index in [9.17, 15) is 4.79 Å². The summed E-state index contributed by atoms with van der Waals surface area (Å²) < 4.78 is 2.08. The second-order valence-corrected chi connectivity index (χ2v) is 7.50. The Bertz CT molecular complexity index is 1280. The molecule has 1 aromatic heterocycles. The predicted molar refractivity (Wildman–Crippen MR) is 117 cm³/mol. The van der Waals surface area contributed by atoms with Crippen LogP contribution in [-0.4, -0.2) is 26.8 Å². The van der Waals surface area contributed by atoms with Gasteiger partial charge in [-0.25, -0.2) is 0 Å². The van der Waals surface area contributed by atoms with Crippen molar-refractivity contribution >= 4 is 12.0 Å². The number of fused-ring (bicyclic) bond motifs is 3. The molecule has 3 aromatic carbocycles. The second-order valence-electron chi connectivity index (χ2n) is 7.50. The fourth-order valence-electron chi connectivity index (χ4n) is 3.87. The average Bonchev–Trinajstić information content (AvgIpc) is 3.06. The highest BCUT2D eigenvalue weighted by molar-refractivity contribution is 6.15. The minimum atomic E-state index is 0.474. The molecule has 4 aromatic rings. The first-order valence-electron chi connectivity index (χ1n) is 9.87. The molecular weight excluding hydrogens is 372 g/mol. The first-order valence-corrected chi connectivity index (χ1v) is 9.87. The second kappa shape index (κ2) is 7.19. The number of rotatable bonds is 3. The van der Waals surface area contributed by atoms with Gasteiger partial charge in [0.15, 0.2) is 5.82 Å². The molecular formula is C25H20N4O. The van der Waals surface area contributed by atoms with E-state index in [1.807, 2.05) is 31.2 Å². The molecule has 0 fully saturated rings. The van der Waals surface area contributed by atoms with Crippen LogP contribution in [0.3, 0.4) is 0 Å². The summed E-state index contributed by atoms with van der Waals surface area (Å²) in [5.74, 6) is 1.67. The monoisotopic (exact) mass is 392 g/mol. The fourth-order valence-corrected chi connectivity index (χ4v) is 3.87. The minimum Gasteiger partial charge on any atom is -0.298 e. The van der Waals surface area contributed by atoms with Crippen molar-refractivity contribution in [3.8, 4) is 16.8 Å². The molecule has 1 aliphatic heterocycles. The van der Waals surface area contributed by atoms with Gasteiger partial charge in [0.05, 0.1) is 11.4 Å². The zero-order valence-corrected chi connectivity index (χ0v) is 16.8. The van der Waals surface area contributed by atoms with E-state index in [1.165, 1.54) is 5.56 Å². The van der Waals surface area contributed by atoms with E-state index in [4.69, 9.17) is 4.99 Å². The minimum absolute atomic E-state index is 0.474. The lowest BCUT2D eigenvalue weighted by Crippen LogP contribution is -2.08. The third kappa shape index (κ3) is 3.05. The summed E-state index contributed by atoms with van der Waals surface area (Å²) in [4.78, 5) is 15.9. The molecule has 0 radical (unpaired) electrons. The Hall–Kier alpha value is -3.86. The van der Waals surface area contributed by atoms with E-state index in [-0.39, 0.29) is 0 Å². The van der Waals surface area contributed by atoms with Gasteiger partial charge in [0.1, 0.15) is 18.7 Å². The van der Waals surface area contributed by atoms with Crippen molar-refractivity contribution in [1.82, 2.24) is 14.8 Å². The number of aromatic nitrogens is 3. The molecule has 0 saturated carbocycles. The van der Waals surface area contributed by atoms with Crippen LogP contribution in [0.4, 0.5) is 0 Å². The lowest BCUT2D eigenvalue weighted by molar-refractivity contribution is 0.112. The topological polar surface area (TPSA) is 60.1 Å². The van der Waals surface area contributed by atoms with Crippen LogP contribution in [-0.2, 0) is 6.54 Å². The molecule has 0 amide bonds. The molecule has 1 aliphatic rings. The molecule has 0 aliphatic carbocycles. The van der Waals surface area contributed by atoms with E-state index < -0.39 is 0 Å². The van der Waals surface area contributed by atoms with Crippen molar-refractivity contribution in [3.63, 3.8) is 0 Å². The Morgan fingerprint density at radius 1 is 0.833 bits per heavy atom. The van der Waals surface area contributed by atoms with E-state index in [0.717, 1.165) is 51.6 Å². The lowest BCUT2D eigenvalue weighted by Gasteiger charge is -2.15. The van der Waals surface area contributed by atoms with E-state index >= 15 is 0 Å². The Morgan fingerprint density at radius 3 is 2.27 bits per heavy atom. The predicted octanol–water partition coefficient (Wildman–Crippen LogP) is 4.71. The number of hydrogen-bond donors (Lipinski definition) is 0. The number of carbonyl (C=O) groups excluding carboxylic acids is 1. The van der Waals surface area contributed by atoms with Crippen LogP contribution in [0.5, 0.6) is 0 Å². The SMILES string of the molecule is Cc1ccc(C2=NCc3nnc(C)n3-c3ccc(-c4ccc(C=O)cc4)cc32)cc1. The van der Waals surface area contributed by atoms with Gasteiger partial charge in [0.2, 0.25) is 0 Å². The fraction of sp³-hybridized carbons (Fsp3) is 0.120. The molecule has 5 nitrogen and oxygen atoms in total. The van der Waals surface area contributed by atoms with Gasteiger partial charge in [-0.05, 0) is 37.1 Å². The first-order chi connectivity index (χ1) is 14.6. The molecule has 0 atom stereocenters. The van der Waals surface area contributed by atoms with Gasteiger partial charge in [-0.15, -0.1) is 10.2 Å². The highest BCUT2D eigenvalue weighted by Gasteiger charge is 2.22. The smallest absolute Gasteiger partial charge is 0.159 e. The van der Waals surface area contributed by atoms with E-state index in [2.05, 4.69) is 64.2 Å². The number of aryl methyl sites for hydroxylation is 2. The normalized spacial score (nSPS) is 12.5. The zero-order valence-electron chi connectivity index (χ0n) is 16.8. The molecule has 0 saturated heterocycles. The lowest BCUT2D eigenvalue weighted by atomic mass is 9.95. The van der Waals surface area contributed by atoms with Crippen LogP contribution < -0.4 is 0 Å². The van der Waals surface area contributed by atoms with Gasteiger partial charge >= 0.3 is 0 Å². The largest absolute Gasteiger partial charge is 0.298 e. The van der Waals surface area contributed by atoms with Gasteiger partial charge in [-0.2, -0.15) is 0 Å². The van der Waals surface area contributed by atoms with Crippen molar-refractivity contribution in [1.29, 1.82) is 0 Å². The summed E-state index contributed by atoms with van der Waals surface area (Å²) in [5, 5.41) is 8.59. The van der Waals surface area contributed by atoms with Gasteiger partial charge in [-0.1, -0.05) is 60.2 Å². The molecule has 0 bridgehead atoms. The van der Waals surface area contributed by atoms with Crippen LogP contribution >= 0.6 is 0 Å². The van der Waals surface area contributed by atoms with Crippen molar-refractivity contribution in [2.24, 2.45) is 4.99 Å². The number of benzene rings is 3. The molecule has 5 rings (SSSR count). The quantitative estimate of drug-likeness (QED) is 0.474. The van der Waals surface area contributed by atoms with E-state index in [0.29, 0.717) is 12.1 Å². The number of aliphatic imine (C=N–C) groups is 1. The Morgan fingerprint density at radius 2 is 1.53 bits per heavy atom. The Labute approximate surface area is 174 Å². The van der Waals surface area contributed by atoms with Gasteiger partial charge < -0.3 is 0 Å². The molecule has 0 unspecified atom stereocenters. The van der Waals surface area contributed by atoms with Crippen LogP contribution in [0, 0.1) is 13.8 Å². The molecule has 30 heavy (non-hydrogen) atoms. The van der Waals surface area contributed by atoms with Gasteiger partial charge in [0, 0.05) is 16.7 Å². The average molecular weight is 392 g/mol. The van der Waals surface area contributed by atoms with Gasteiger partial charge in [-0.3, -0.25) is 14.4 Å². The maximum atomic E-state index is 11.0. The number of nitrogens with zero attached hydrogens (tertiary/aromatic N) is 4. The summed E-state index contributed by atoms with van der Waals surface area (Å²) in [6.07, 6.45) is 0.860. The standard InChI is InChI=1S/C25H20N4O/c1-16-3-7-20(8-4-16)25-22-13-21(19-9-5-18(15-30)6-10-19)11-12-23(22)29-17(2)27-28-24(29)14-26-25/h3-13,15H,14H2,1-2H3. The molecule has 5 heteroatoms. The van der Waals surface area contributed by atoms with Crippen LogP contribution in [0.15, 0.2) is 71.7 Å². The summed E-state index contributed by atoms with van der Waals surface area (Å²) in [7, 11) is 0. The van der Waals surface area contributed by atoms with Crippen molar-refractivity contribution in [3.05, 3.63) is 101 Å². The Balaban J connectivity index is 1.72. The summed E-state index contributed by atoms with van der Waals surface area (Å²) >= 11 is 0. The third-order valence-electron chi connectivity index (χ3n) is 5.47. The maximum Gasteiger partial charge on any atom is 0.159 e. The van der Waals surface area contributed by atoms with E-state index in [1.54, 1.807) is 0 Å². The summed E-state index contributed by atoms with van der Waals surface area (Å²) in [5.41, 5.74) is 8.09.